The Bertz CT molecular complexity index is 445. The minimum absolute atomic E-state index is 0.0654. The van der Waals surface area contributed by atoms with Crippen molar-refractivity contribution >= 4 is 5.91 Å². The number of carbonyl (C=O) groups excluding carboxylic acids is 1. The van der Waals surface area contributed by atoms with Crippen LogP contribution in [0.1, 0.15) is 50.0 Å². The van der Waals surface area contributed by atoms with Crippen LogP contribution in [0.3, 0.4) is 0 Å². The molecule has 0 bridgehead atoms. The lowest BCUT2D eigenvalue weighted by Gasteiger charge is -2.30. The maximum absolute atomic E-state index is 11.9. The van der Waals surface area contributed by atoms with Gasteiger partial charge >= 0.3 is 0 Å². The van der Waals surface area contributed by atoms with Crippen LogP contribution >= 0.6 is 0 Å². The zero-order valence-corrected chi connectivity index (χ0v) is 11.3. The summed E-state index contributed by atoms with van der Waals surface area (Å²) in [4.78, 5) is 11.9. The van der Waals surface area contributed by atoms with Crippen molar-refractivity contribution in [3.63, 3.8) is 0 Å². The summed E-state index contributed by atoms with van der Waals surface area (Å²) in [6.07, 6.45) is 6.15. The van der Waals surface area contributed by atoms with Crippen molar-refractivity contribution in [1.82, 2.24) is 5.32 Å². The highest BCUT2D eigenvalue weighted by Crippen LogP contribution is 2.35. The van der Waals surface area contributed by atoms with Crippen molar-refractivity contribution in [2.75, 3.05) is 0 Å². The van der Waals surface area contributed by atoms with Crippen LogP contribution in [0.15, 0.2) is 30.3 Å². The minimum atomic E-state index is -0.531. The fraction of sp³-hybridized carbons (Fsp3) is 0.562. The summed E-state index contributed by atoms with van der Waals surface area (Å²) in [5, 5.41) is 3.13. The lowest BCUT2D eigenvalue weighted by molar-refractivity contribution is -0.124. The predicted molar refractivity (Wildman–Crippen MR) is 75.7 cm³/mol. The fourth-order valence-electron chi connectivity index (χ4n) is 2.99. The lowest BCUT2D eigenvalue weighted by atomic mass is 9.81. The van der Waals surface area contributed by atoms with E-state index in [4.69, 9.17) is 5.73 Å². The summed E-state index contributed by atoms with van der Waals surface area (Å²) in [5.74, 6) is 0.720. The smallest absolute Gasteiger partial charge is 0.240 e. The second kappa shape index (κ2) is 4.97. The molecule has 3 rings (SSSR count). The first-order valence-corrected chi connectivity index (χ1v) is 7.32. The number of rotatable bonds is 3. The Balaban J connectivity index is 1.51. The Morgan fingerprint density at radius 3 is 2.32 bits per heavy atom. The molecular formula is C16H22N2O. The van der Waals surface area contributed by atoms with E-state index in [9.17, 15) is 4.79 Å². The number of hydrogen-bond donors (Lipinski definition) is 2. The summed E-state index contributed by atoms with van der Waals surface area (Å²) in [6, 6.07) is 11.0. The number of amides is 1. The Kier molecular flexibility index (Phi) is 3.31. The monoisotopic (exact) mass is 258 g/mol. The molecule has 0 aliphatic heterocycles. The molecule has 3 N–H and O–H groups in total. The summed E-state index contributed by atoms with van der Waals surface area (Å²) in [6.45, 7) is 0. The quantitative estimate of drug-likeness (QED) is 0.874. The van der Waals surface area contributed by atoms with Crippen LogP contribution in [0.4, 0.5) is 0 Å². The van der Waals surface area contributed by atoms with E-state index in [0.29, 0.717) is 12.0 Å². The first-order valence-electron chi connectivity index (χ1n) is 7.32. The molecule has 0 unspecified atom stereocenters. The maximum atomic E-state index is 11.9. The third kappa shape index (κ3) is 2.81. The van der Waals surface area contributed by atoms with Crippen molar-refractivity contribution in [1.29, 1.82) is 0 Å². The van der Waals surface area contributed by atoms with E-state index >= 15 is 0 Å². The molecule has 102 valence electrons. The number of carbonyl (C=O) groups is 1. The molecule has 1 amide bonds. The van der Waals surface area contributed by atoms with Crippen molar-refractivity contribution in [3.05, 3.63) is 35.9 Å². The van der Waals surface area contributed by atoms with E-state index in [1.54, 1.807) is 0 Å². The highest BCUT2D eigenvalue weighted by Gasteiger charge is 2.46. The molecule has 1 aromatic carbocycles. The zero-order chi connectivity index (χ0) is 13.3. The van der Waals surface area contributed by atoms with Gasteiger partial charge in [-0.1, -0.05) is 30.3 Å². The van der Waals surface area contributed by atoms with Crippen LogP contribution in [-0.2, 0) is 4.79 Å². The van der Waals surface area contributed by atoms with Gasteiger partial charge in [-0.3, -0.25) is 4.79 Å². The largest absolute Gasteiger partial charge is 0.352 e. The summed E-state index contributed by atoms with van der Waals surface area (Å²) >= 11 is 0. The van der Waals surface area contributed by atoms with Gasteiger partial charge in [0.05, 0.1) is 5.54 Å². The van der Waals surface area contributed by atoms with E-state index in [1.807, 2.05) is 0 Å². The zero-order valence-electron chi connectivity index (χ0n) is 11.3. The molecule has 2 saturated carbocycles. The molecule has 0 radical (unpaired) electrons. The normalized spacial score (nSPS) is 28.7. The van der Waals surface area contributed by atoms with Crippen LogP contribution in [0, 0.1) is 0 Å². The van der Waals surface area contributed by atoms with Crippen molar-refractivity contribution in [2.24, 2.45) is 5.73 Å². The molecule has 1 aromatic rings. The van der Waals surface area contributed by atoms with Gasteiger partial charge in [0, 0.05) is 6.04 Å². The first-order chi connectivity index (χ1) is 9.17. The van der Waals surface area contributed by atoms with Gasteiger partial charge in [-0.25, -0.2) is 0 Å². The molecule has 0 aromatic heterocycles. The molecule has 2 aliphatic carbocycles. The summed E-state index contributed by atoms with van der Waals surface area (Å²) in [7, 11) is 0. The summed E-state index contributed by atoms with van der Waals surface area (Å²) < 4.78 is 0. The highest BCUT2D eigenvalue weighted by atomic mass is 16.2. The van der Waals surface area contributed by atoms with Crippen LogP contribution in [0.5, 0.6) is 0 Å². The van der Waals surface area contributed by atoms with Crippen LogP contribution in [0.2, 0.25) is 0 Å². The Labute approximate surface area is 114 Å². The number of benzene rings is 1. The fourth-order valence-corrected chi connectivity index (χ4v) is 2.99. The van der Waals surface area contributed by atoms with Gasteiger partial charge in [0.2, 0.25) is 5.91 Å². The molecule has 3 nitrogen and oxygen atoms in total. The van der Waals surface area contributed by atoms with Gasteiger partial charge in [-0.2, -0.15) is 0 Å². The molecule has 0 saturated heterocycles. The van der Waals surface area contributed by atoms with Gasteiger partial charge in [0.1, 0.15) is 0 Å². The third-order valence-corrected chi connectivity index (χ3v) is 4.57. The minimum Gasteiger partial charge on any atom is -0.352 e. The highest BCUT2D eigenvalue weighted by molar-refractivity contribution is 5.89. The molecule has 0 heterocycles. The number of hydrogen-bond acceptors (Lipinski definition) is 2. The van der Waals surface area contributed by atoms with Crippen LogP contribution in [-0.4, -0.2) is 17.5 Å². The Morgan fingerprint density at radius 1 is 1.11 bits per heavy atom. The molecule has 0 atom stereocenters. The second-order valence-electron chi connectivity index (χ2n) is 6.09. The molecule has 0 spiro atoms. The van der Waals surface area contributed by atoms with Crippen molar-refractivity contribution < 1.29 is 4.79 Å². The molecule has 19 heavy (non-hydrogen) atoms. The van der Waals surface area contributed by atoms with Gasteiger partial charge < -0.3 is 11.1 Å². The first kappa shape index (κ1) is 12.7. The van der Waals surface area contributed by atoms with Gasteiger partial charge in [-0.05, 0) is 50.0 Å². The van der Waals surface area contributed by atoms with E-state index in [1.165, 1.54) is 5.56 Å². The number of nitrogens with two attached hydrogens (primary N) is 1. The molecule has 3 heteroatoms. The Hall–Kier alpha value is -1.35. The van der Waals surface area contributed by atoms with Gasteiger partial charge in [-0.15, -0.1) is 0 Å². The lowest BCUT2D eigenvalue weighted by Crippen LogP contribution is -2.47. The topological polar surface area (TPSA) is 55.1 Å². The molecular weight excluding hydrogens is 236 g/mol. The standard InChI is InChI=1S/C16H22N2O/c17-16(10-11-16)15(19)18-14-8-6-13(7-9-14)12-4-2-1-3-5-12/h1-5,13-14H,6-11,17H2,(H,18,19). The van der Waals surface area contributed by atoms with Gasteiger partial charge in [0.15, 0.2) is 0 Å². The van der Waals surface area contributed by atoms with Crippen LogP contribution < -0.4 is 11.1 Å². The van der Waals surface area contributed by atoms with Crippen molar-refractivity contribution in [3.8, 4) is 0 Å². The van der Waals surface area contributed by atoms with Gasteiger partial charge in [0.25, 0.3) is 0 Å². The van der Waals surface area contributed by atoms with Crippen molar-refractivity contribution in [2.45, 2.75) is 56.0 Å². The Morgan fingerprint density at radius 2 is 1.74 bits per heavy atom. The van der Waals surface area contributed by atoms with E-state index in [2.05, 4.69) is 35.6 Å². The summed E-state index contributed by atoms with van der Waals surface area (Å²) in [5.41, 5.74) is 6.82. The predicted octanol–water partition coefficient (Wildman–Crippen LogP) is 2.32. The number of nitrogens with one attached hydrogen (secondary N) is 1. The molecule has 2 fully saturated rings. The second-order valence-corrected chi connectivity index (χ2v) is 6.09. The average molecular weight is 258 g/mol. The third-order valence-electron chi connectivity index (χ3n) is 4.57. The SMILES string of the molecule is NC1(C(=O)NC2CCC(c3ccccc3)CC2)CC1. The van der Waals surface area contributed by atoms with E-state index < -0.39 is 5.54 Å². The molecule has 2 aliphatic rings. The van der Waals surface area contributed by atoms with Crippen LogP contribution in [0.25, 0.3) is 0 Å². The van der Waals surface area contributed by atoms with E-state index in [0.717, 1.165) is 38.5 Å². The maximum Gasteiger partial charge on any atom is 0.240 e. The van der Waals surface area contributed by atoms with E-state index in [-0.39, 0.29) is 5.91 Å². The average Bonchev–Trinajstić information content (AvgIpc) is 3.20.